The highest BCUT2D eigenvalue weighted by Gasteiger charge is 2.53. The van der Waals surface area contributed by atoms with Gasteiger partial charge in [0.05, 0.1) is 11.6 Å². The molecule has 0 amide bonds. The molecule has 5 nitrogen and oxygen atoms in total. The van der Waals surface area contributed by atoms with Gasteiger partial charge in [-0.3, -0.25) is 4.99 Å². The van der Waals surface area contributed by atoms with E-state index in [0.29, 0.717) is 11.7 Å². The van der Waals surface area contributed by atoms with Gasteiger partial charge in [-0.25, -0.2) is 4.39 Å². The lowest BCUT2D eigenvalue weighted by Gasteiger charge is -2.42. The number of ether oxygens (including phenoxy) is 1. The average molecular weight is 278 g/mol. The highest BCUT2D eigenvalue weighted by Crippen LogP contribution is 2.38. The fourth-order valence-corrected chi connectivity index (χ4v) is 3.35. The number of alkyl halides is 1. The Labute approximate surface area is 110 Å². The van der Waals surface area contributed by atoms with Gasteiger partial charge in [0.15, 0.2) is 11.3 Å². The molecule has 0 unspecified atom stereocenters. The van der Waals surface area contributed by atoms with Gasteiger partial charge in [-0.15, -0.1) is 0 Å². The standard InChI is InChI=1S/C11H19FN2O3S/c1-4-13-10-14-6-5(12)7(15)8(11(2,3)16)17-9(6)18-10/h5-9,15-16H,4H2,1-3H3,(H,13,14)/t5-,6-,7+,8+,9-/m1/s1. The molecule has 2 rings (SSSR count). The Morgan fingerprint density at radius 1 is 1.56 bits per heavy atom. The number of rotatable bonds is 2. The predicted molar refractivity (Wildman–Crippen MR) is 68.4 cm³/mol. The summed E-state index contributed by atoms with van der Waals surface area (Å²) < 4.78 is 19.8. The SMILES string of the molecule is CCN=C1N[C@@H]2[C@@H](F)[C@H](O)[C@@H](C(C)(C)O)O[C@@H]2S1. The summed E-state index contributed by atoms with van der Waals surface area (Å²) in [6.07, 6.45) is -3.78. The number of nitrogens with one attached hydrogen (secondary N) is 1. The first kappa shape index (κ1) is 14.0. The third-order valence-corrected chi connectivity index (χ3v) is 4.18. The second-order valence-corrected chi connectivity index (χ2v) is 6.17. The Kier molecular flexibility index (Phi) is 3.87. The van der Waals surface area contributed by atoms with Gasteiger partial charge in [0.1, 0.15) is 17.6 Å². The summed E-state index contributed by atoms with van der Waals surface area (Å²) in [5, 5.41) is 23.3. The van der Waals surface area contributed by atoms with E-state index in [9.17, 15) is 14.6 Å². The van der Waals surface area contributed by atoms with E-state index in [0.717, 1.165) is 0 Å². The quantitative estimate of drug-likeness (QED) is 0.676. The summed E-state index contributed by atoms with van der Waals surface area (Å²) in [6.45, 7) is 5.49. The van der Waals surface area contributed by atoms with E-state index >= 15 is 0 Å². The number of amidine groups is 1. The fourth-order valence-electron chi connectivity index (χ4n) is 2.19. The van der Waals surface area contributed by atoms with Crippen molar-refractivity contribution in [3.8, 4) is 0 Å². The topological polar surface area (TPSA) is 74.1 Å². The van der Waals surface area contributed by atoms with Gasteiger partial charge in [0.25, 0.3) is 0 Å². The van der Waals surface area contributed by atoms with Gasteiger partial charge in [0.2, 0.25) is 0 Å². The Balaban J connectivity index is 2.16. The fraction of sp³-hybridized carbons (Fsp3) is 0.909. The Morgan fingerprint density at radius 3 is 2.78 bits per heavy atom. The van der Waals surface area contributed by atoms with Crippen LogP contribution in [0.4, 0.5) is 4.39 Å². The number of thioether (sulfide) groups is 1. The van der Waals surface area contributed by atoms with Crippen LogP contribution in [0.1, 0.15) is 20.8 Å². The van der Waals surface area contributed by atoms with Crippen molar-refractivity contribution in [2.75, 3.05) is 6.54 Å². The summed E-state index contributed by atoms with van der Waals surface area (Å²) in [5.74, 6) is 0. The van der Waals surface area contributed by atoms with E-state index in [-0.39, 0.29) is 0 Å². The molecule has 0 aromatic rings. The molecule has 2 saturated heterocycles. The molecule has 18 heavy (non-hydrogen) atoms. The van der Waals surface area contributed by atoms with Gasteiger partial charge in [0, 0.05) is 6.54 Å². The number of nitrogens with zero attached hydrogens (tertiary/aromatic N) is 1. The number of aliphatic imine (C=N–C) groups is 1. The van der Waals surface area contributed by atoms with Gasteiger partial charge in [-0.2, -0.15) is 0 Å². The molecule has 7 heteroatoms. The van der Waals surface area contributed by atoms with Crippen molar-refractivity contribution in [2.24, 2.45) is 4.99 Å². The Hall–Kier alpha value is -0.370. The van der Waals surface area contributed by atoms with Crippen LogP contribution in [0.5, 0.6) is 0 Å². The molecule has 5 atom stereocenters. The normalized spacial score (nSPS) is 42.8. The summed E-state index contributed by atoms with van der Waals surface area (Å²) >= 11 is 1.30. The predicted octanol–water partition coefficient (Wildman–Crippen LogP) is 0.262. The van der Waals surface area contributed by atoms with Crippen LogP contribution in [0.3, 0.4) is 0 Å². The maximum Gasteiger partial charge on any atom is 0.159 e. The van der Waals surface area contributed by atoms with E-state index in [2.05, 4.69) is 10.3 Å². The molecule has 2 fully saturated rings. The van der Waals surface area contributed by atoms with Crippen molar-refractivity contribution >= 4 is 16.9 Å². The van der Waals surface area contributed by atoms with Gasteiger partial charge in [-0.1, -0.05) is 11.8 Å². The van der Waals surface area contributed by atoms with Crippen molar-refractivity contribution in [2.45, 2.75) is 56.2 Å². The maximum absolute atomic E-state index is 14.2. The molecule has 2 heterocycles. The zero-order chi connectivity index (χ0) is 13.5. The summed E-state index contributed by atoms with van der Waals surface area (Å²) in [5.41, 5.74) is -1.76. The van der Waals surface area contributed by atoms with Crippen LogP contribution in [0.25, 0.3) is 0 Å². The Morgan fingerprint density at radius 2 is 2.22 bits per heavy atom. The van der Waals surface area contributed by atoms with Crippen molar-refractivity contribution in [1.29, 1.82) is 0 Å². The first-order chi connectivity index (χ1) is 8.34. The Bertz CT molecular complexity index is 348. The molecule has 3 N–H and O–H groups in total. The monoisotopic (exact) mass is 278 g/mol. The molecule has 104 valence electrons. The maximum atomic E-state index is 14.2. The molecule has 0 bridgehead atoms. The minimum atomic E-state index is -1.49. The molecule has 0 spiro atoms. The van der Waals surface area contributed by atoms with Crippen LogP contribution in [0.2, 0.25) is 0 Å². The van der Waals surface area contributed by atoms with Crippen LogP contribution in [-0.4, -0.2) is 57.4 Å². The van der Waals surface area contributed by atoms with E-state index < -0.39 is 35.5 Å². The van der Waals surface area contributed by atoms with Gasteiger partial charge >= 0.3 is 0 Å². The third kappa shape index (κ3) is 2.49. The third-order valence-electron chi connectivity index (χ3n) is 3.07. The van der Waals surface area contributed by atoms with E-state index in [1.165, 1.54) is 25.6 Å². The van der Waals surface area contributed by atoms with Crippen molar-refractivity contribution in [1.82, 2.24) is 5.32 Å². The first-order valence-corrected chi connectivity index (χ1v) is 6.90. The van der Waals surface area contributed by atoms with Gasteiger partial charge in [-0.05, 0) is 20.8 Å². The molecule has 0 aliphatic carbocycles. The number of fused-ring (bicyclic) bond motifs is 1. The highest BCUT2D eigenvalue weighted by molar-refractivity contribution is 8.14. The van der Waals surface area contributed by atoms with Gasteiger partial charge < -0.3 is 20.3 Å². The molecule has 2 aliphatic heterocycles. The second-order valence-electron chi connectivity index (χ2n) is 5.08. The largest absolute Gasteiger partial charge is 0.388 e. The molecule has 2 aliphatic rings. The van der Waals surface area contributed by atoms with Crippen molar-refractivity contribution < 1.29 is 19.3 Å². The van der Waals surface area contributed by atoms with E-state index in [1.807, 2.05) is 6.92 Å². The molecule has 0 aromatic carbocycles. The summed E-state index contributed by atoms with van der Waals surface area (Å²) in [6, 6.07) is -0.617. The average Bonchev–Trinajstić information content (AvgIpc) is 2.65. The zero-order valence-electron chi connectivity index (χ0n) is 10.6. The van der Waals surface area contributed by atoms with Crippen LogP contribution >= 0.6 is 11.8 Å². The number of hydrogen-bond acceptors (Lipinski definition) is 5. The lowest BCUT2D eigenvalue weighted by atomic mass is 9.89. The van der Waals surface area contributed by atoms with E-state index in [1.54, 1.807) is 0 Å². The number of hydrogen-bond donors (Lipinski definition) is 3. The first-order valence-electron chi connectivity index (χ1n) is 6.02. The molecule has 0 saturated carbocycles. The van der Waals surface area contributed by atoms with Crippen molar-refractivity contribution in [3.05, 3.63) is 0 Å². The van der Waals surface area contributed by atoms with Crippen LogP contribution < -0.4 is 5.32 Å². The smallest absolute Gasteiger partial charge is 0.159 e. The number of aliphatic hydroxyl groups excluding tert-OH is 1. The zero-order valence-corrected chi connectivity index (χ0v) is 11.4. The molecule has 0 radical (unpaired) electrons. The summed E-state index contributed by atoms with van der Waals surface area (Å²) in [7, 11) is 0. The molecule has 0 aromatic heterocycles. The molecular weight excluding hydrogens is 259 g/mol. The number of halogens is 1. The minimum absolute atomic E-state index is 0.467. The van der Waals surface area contributed by atoms with Crippen LogP contribution in [0, 0.1) is 0 Å². The highest BCUT2D eigenvalue weighted by atomic mass is 32.2. The van der Waals surface area contributed by atoms with E-state index in [4.69, 9.17) is 4.74 Å². The minimum Gasteiger partial charge on any atom is -0.388 e. The second kappa shape index (κ2) is 4.96. The molecular formula is C11H19FN2O3S. The number of aliphatic hydroxyl groups is 2. The summed E-state index contributed by atoms with van der Waals surface area (Å²) in [4.78, 5) is 4.17. The van der Waals surface area contributed by atoms with Crippen molar-refractivity contribution in [3.63, 3.8) is 0 Å². The van der Waals surface area contributed by atoms with Crippen LogP contribution in [-0.2, 0) is 4.74 Å². The lowest BCUT2D eigenvalue weighted by Crippen LogP contribution is -2.62. The lowest BCUT2D eigenvalue weighted by molar-refractivity contribution is -0.197. The van der Waals surface area contributed by atoms with Crippen LogP contribution in [0.15, 0.2) is 4.99 Å².